The number of nitro groups is 1. The largest absolute Gasteiger partial charge is 0.480 e. The number of rotatable bonds is 3. The van der Waals surface area contributed by atoms with Gasteiger partial charge in [0.05, 0.1) is 4.92 Å². The number of aliphatic carboxylic acids is 1. The molecule has 0 saturated heterocycles. The molecule has 17 heavy (non-hydrogen) atoms. The van der Waals surface area contributed by atoms with Crippen molar-refractivity contribution in [1.29, 1.82) is 0 Å². The molecule has 0 amide bonds. The molecular weight excluding hydrogens is 247 g/mol. The summed E-state index contributed by atoms with van der Waals surface area (Å²) in [5, 5.41) is 21.8. The van der Waals surface area contributed by atoms with Crippen molar-refractivity contribution in [1.82, 2.24) is 9.78 Å². The number of halogens is 3. The highest BCUT2D eigenvalue weighted by Crippen LogP contribution is 2.36. The van der Waals surface area contributed by atoms with E-state index in [9.17, 15) is 28.1 Å². The first-order chi connectivity index (χ1) is 7.64. The summed E-state index contributed by atoms with van der Waals surface area (Å²) in [6.07, 6.45) is -5.00. The van der Waals surface area contributed by atoms with E-state index in [4.69, 9.17) is 5.11 Å². The van der Waals surface area contributed by atoms with Crippen molar-refractivity contribution in [3.8, 4) is 0 Å². The quantitative estimate of drug-likeness (QED) is 0.644. The van der Waals surface area contributed by atoms with Gasteiger partial charge in [0.25, 0.3) is 0 Å². The summed E-state index contributed by atoms with van der Waals surface area (Å²) in [4.78, 5) is 19.6. The van der Waals surface area contributed by atoms with E-state index in [-0.39, 0.29) is 0 Å². The minimum atomic E-state index is -5.00. The van der Waals surface area contributed by atoms with E-state index in [1.165, 1.54) is 0 Å². The highest BCUT2D eigenvalue weighted by Gasteiger charge is 2.44. The zero-order chi connectivity index (χ0) is 13.4. The van der Waals surface area contributed by atoms with Crippen molar-refractivity contribution in [3.05, 3.63) is 21.5 Å². The smallest absolute Gasteiger partial charge is 0.442 e. The molecule has 0 aliphatic rings. The van der Waals surface area contributed by atoms with Crippen LogP contribution in [0.15, 0.2) is 0 Å². The molecule has 1 heterocycles. The molecule has 0 saturated carbocycles. The van der Waals surface area contributed by atoms with Gasteiger partial charge in [0.2, 0.25) is 5.69 Å². The van der Waals surface area contributed by atoms with Gasteiger partial charge in [-0.15, -0.1) is 0 Å². The third-order valence-electron chi connectivity index (χ3n) is 1.91. The molecule has 7 nitrogen and oxygen atoms in total. The fourth-order valence-electron chi connectivity index (χ4n) is 1.23. The maximum atomic E-state index is 12.4. The van der Waals surface area contributed by atoms with E-state index in [0.717, 1.165) is 6.92 Å². The van der Waals surface area contributed by atoms with E-state index < -0.39 is 40.7 Å². The summed E-state index contributed by atoms with van der Waals surface area (Å²) in [6, 6.07) is 0. The van der Waals surface area contributed by atoms with Crippen LogP contribution in [0.2, 0.25) is 0 Å². The Hall–Kier alpha value is -2.13. The van der Waals surface area contributed by atoms with Crippen LogP contribution < -0.4 is 0 Å². The molecule has 0 radical (unpaired) electrons. The molecule has 0 spiro atoms. The molecule has 0 atom stereocenters. The van der Waals surface area contributed by atoms with Crippen LogP contribution in [0.1, 0.15) is 11.4 Å². The van der Waals surface area contributed by atoms with Gasteiger partial charge in [0, 0.05) is 0 Å². The van der Waals surface area contributed by atoms with E-state index in [1.54, 1.807) is 0 Å². The van der Waals surface area contributed by atoms with Gasteiger partial charge in [-0.05, 0) is 6.92 Å². The molecule has 0 aliphatic carbocycles. The van der Waals surface area contributed by atoms with E-state index >= 15 is 0 Å². The minimum Gasteiger partial charge on any atom is -0.480 e. The number of aromatic nitrogens is 2. The maximum absolute atomic E-state index is 12.4. The highest BCUT2D eigenvalue weighted by atomic mass is 19.4. The molecule has 1 aromatic rings. The molecule has 1 N–H and O–H groups in total. The lowest BCUT2D eigenvalue weighted by molar-refractivity contribution is -0.388. The molecule has 0 aliphatic heterocycles. The lowest BCUT2D eigenvalue weighted by Gasteiger charge is -2.00. The number of carboxylic acids is 1. The van der Waals surface area contributed by atoms with Crippen LogP contribution in [0.4, 0.5) is 18.9 Å². The Morgan fingerprint density at radius 1 is 1.59 bits per heavy atom. The summed E-state index contributed by atoms with van der Waals surface area (Å²) in [5.74, 6) is -1.45. The Bertz CT molecular complexity index is 479. The van der Waals surface area contributed by atoms with E-state index in [2.05, 4.69) is 5.10 Å². The number of hydrogen-bond acceptors (Lipinski definition) is 4. The van der Waals surface area contributed by atoms with Crippen molar-refractivity contribution in [2.24, 2.45) is 0 Å². The average molecular weight is 253 g/mol. The second-order valence-electron chi connectivity index (χ2n) is 3.09. The molecule has 0 bridgehead atoms. The van der Waals surface area contributed by atoms with Gasteiger partial charge >= 0.3 is 17.8 Å². The Labute approximate surface area is 91.6 Å². The molecular formula is C7H6F3N3O4. The van der Waals surface area contributed by atoms with Gasteiger partial charge in [-0.3, -0.25) is 19.6 Å². The predicted molar refractivity (Wildman–Crippen MR) is 46.3 cm³/mol. The second kappa shape index (κ2) is 4.03. The lowest BCUT2D eigenvalue weighted by atomic mass is 10.3. The van der Waals surface area contributed by atoms with Gasteiger partial charge in [0.1, 0.15) is 12.2 Å². The first kappa shape index (κ1) is 12.9. The van der Waals surface area contributed by atoms with Crippen molar-refractivity contribution in [2.45, 2.75) is 19.6 Å². The molecule has 1 rings (SSSR count). The topological polar surface area (TPSA) is 98.3 Å². The Morgan fingerprint density at radius 3 is 2.41 bits per heavy atom. The first-order valence-electron chi connectivity index (χ1n) is 4.15. The standard InChI is InChI=1S/C7H6F3N3O4/c1-3-5(13(16)17)6(7(8,9)10)11-12(3)2-4(14)15/h2H2,1H3,(H,14,15). The first-order valence-corrected chi connectivity index (χ1v) is 4.15. The normalized spacial score (nSPS) is 11.5. The summed E-state index contributed by atoms with van der Waals surface area (Å²) < 4.78 is 37.7. The van der Waals surface area contributed by atoms with Crippen LogP contribution in [0.3, 0.4) is 0 Å². The van der Waals surface area contributed by atoms with Crippen LogP contribution in [0.5, 0.6) is 0 Å². The van der Waals surface area contributed by atoms with Crippen LogP contribution in [0.25, 0.3) is 0 Å². The Morgan fingerprint density at radius 2 is 2.12 bits per heavy atom. The Kier molecular flexibility index (Phi) is 3.07. The second-order valence-corrected chi connectivity index (χ2v) is 3.09. The fraction of sp³-hybridized carbons (Fsp3) is 0.429. The van der Waals surface area contributed by atoms with Crippen LogP contribution in [-0.2, 0) is 17.5 Å². The summed E-state index contributed by atoms with van der Waals surface area (Å²) in [7, 11) is 0. The molecule has 0 fully saturated rings. The van der Waals surface area contributed by atoms with E-state index in [0.29, 0.717) is 4.68 Å². The third kappa shape index (κ3) is 2.52. The summed E-state index contributed by atoms with van der Waals surface area (Å²) >= 11 is 0. The van der Waals surface area contributed by atoms with Gasteiger partial charge in [-0.2, -0.15) is 18.3 Å². The minimum absolute atomic E-state index is 0.434. The van der Waals surface area contributed by atoms with Gasteiger partial charge < -0.3 is 5.11 Å². The maximum Gasteiger partial charge on any atom is 0.442 e. The number of nitrogens with zero attached hydrogens (tertiary/aromatic N) is 3. The third-order valence-corrected chi connectivity index (χ3v) is 1.91. The van der Waals surface area contributed by atoms with Crippen molar-refractivity contribution >= 4 is 11.7 Å². The summed E-state index contributed by atoms with van der Waals surface area (Å²) in [6.45, 7) is 0.131. The zero-order valence-corrected chi connectivity index (χ0v) is 8.35. The summed E-state index contributed by atoms with van der Waals surface area (Å²) in [5.41, 5.74) is -3.37. The van der Waals surface area contributed by atoms with Gasteiger partial charge in [-0.1, -0.05) is 0 Å². The molecule has 10 heteroatoms. The molecule has 0 unspecified atom stereocenters. The number of carboxylic acid groups (broad SMARTS) is 1. The number of alkyl halides is 3. The monoisotopic (exact) mass is 253 g/mol. The molecule has 94 valence electrons. The van der Waals surface area contributed by atoms with Crippen molar-refractivity contribution in [2.75, 3.05) is 0 Å². The molecule has 0 aromatic carbocycles. The van der Waals surface area contributed by atoms with Crippen LogP contribution >= 0.6 is 0 Å². The zero-order valence-electron chi connectivity index (χ0n) is 8.35. The van der Waals surface area contributed by atoms with E-state index in [1.807, 2.05) is 0 Å². The highest BCUT2D eigenvalue weighted by molar-refractivity contribution is 5.66. The van der Waals surface area contributed by atoms with Crippen molar-refractivity contribution < 1.29 is 28.0 Å². The fourth-order valence-corrected chi connectivity index (χ4v) is 1.23. The lowest BCUT2D eigenvalue weighted by Crippen LogP contribution is -2.13. The predicted octanol–water partition coefficient (Wildman–Crippen LogP) is 1.20. The van der Waals surface area contributed by atoms with Crippen LogP contribution in [0, 0.1) is 17.0 Å². The van der Waals surface area contributed by atoms with Gasteiger partial charge in [0.15, 0.2) is 0 Å². The number of hydrogen-bond donors (Lipinski definition) is 1. The van der Waals surface area contributed by atoms with Crippen LogP contribution in [-0.4, -0.2) is 25.8 Å². The molecule has 1 aromatic heterocycles. The Balaban J connectivity index is 3.40. The SMILES string of the molecule is Cc1c([N+](=O)[O-])c(C(F)(F)F)nn1CC(=O)O. The number of carbonyl (C=O) groups is 1. The van der Waals surface area contributed by atoms with Gasteiger partial charge in [-0.25, -0.2) is 0 Å². The van der Waals surface area contributed by atoms with Crippen molar-refractivity contribution in [3.63, 3.8) is 0 Å². The average Bonchev–Trinajstić information content (AvgIpc) is 2.42.